The Labute approximate surface area is 178 Å². The van der Waals surface area contributed by atoms with Gasteiger partial charge in [-0.1, -0.05) is 62.3 Å². The molecule has 0 radical (unpaired) electrons. The van der Waals surface area contributed by atoms with Gasteiger partial charge in [-0.05, 0) is 55.5 Å². The largest absolute Gasteiger partial charge is 0.373 e. The molecule has 0 spiro atoms. The molecule has 0 saturated heterocycles. The predicted molar refractivity (Wildman–Crippen MR) is 121 cm³/mol. The van der Waals surface area contributed by atoms with Gasteiger partial charge in [-0.15, -0.1) is 23.8 Å². The first kappa shape index (κ1) is 37.2. The van der Waals surface area contributed by atoms with Gasteiger partial charge in [-0.3, -0.25) is 0 Å². The quantitative estimate of drug-likeness (QED) is 0.270. The minimum Gasteiger partial charge on any atom is -0.186 e. The molecule has 0 heterocycles. The Hall–Kier alpha value is 1.36. The molecule has 6 heteroatoms. The van der Waals surface area contributed by atoms with Crippen molar-refractivity contribution < 1.29 is 30.7 Å². The zero-order valence-electron chi connectivity index (χ0n) is 18.3. The second-order valence-corrected chi connectivity index (χ2v) is 14.7. The van der Waals surface area contributed by atoms with Crippen LogP contribution in [0.1, 0.15) is 62.3 Å². The van der Waals surface area contributed by atoms with Crippen LogP contribution < -0.4 is 0 Å². The normalized spacial score (nSPS) is 8.96. The van der Waals surface area contributed by atoms with Crippen molar-refractivity contribution in [3.05, 3.63) is 0 Å². The Kier molecular flexibility index (Phi) is 54.0. The summed E-state index contributed by atoms with van der Waals surface area (Å²) in [6, 6.07) is 0. The van der Waals surface area contributed by atoms with E-state index in [0.717, 1.165) is 0 Å². The average Bonchev–Trinajstić information content (AvgIpc) is 2.61. The van der Waals surface area contributed by atoms with E-state index in [4.69, 9.17) is 9.59 Å². The third kappa shape index (κ3) is 36.9. The Balaban J connectivity index is -0.0000000727. The van der Waals surface area contributed by atoms with Gasteiger partial charge >= 0.3 is 6.15 Å². The summed E-state index contributed by atoms with van der Waals surface area (Å²) in [6.45, 7) is 20.6. The van der Waals surface area contributed by atoms with Gasteiger partial charge in [0, 0.05) is 21.1 Å². The standard InChI is InChI=1S/3C6H15P.CO2.Pt/c3*1-4-7(5-2)6-3;2-1-3;/h3*4-6H2,1-3H3;;. The van der Waals surface area contributed by atoms with Gasteiger partial charge in [0.15, 0.2) is 0 Å². The molecule has 0 aliphatic heterocycles. The van der Waals surface area contributed by atoms with E-state index in [-0.39, 0.29) is 27.2 Å². The third-order valence-corrected chi connectivity index (χ3v) is 12.1. The molecule has 0 aromatic carbocycles. The molecule has 0 amide bonds. The van der Waals surface area contributed by atoms with Crippen LogP contribution in [0.2, 0.25) is 0 Å². The zero-order chi connectivity index (χ0) is 19.8. The number of hydrogen-bond acceptors (Lipinski definition) is 2. The second-order valence-electron chi connectivity index (χ2n) is 4.94. The summed E-state index contributed by atoms with van der Waals surface area (Å²) >= 11 is 0. The van der Waals surface area contributed by atoms with Crippen LogP contribution in [0.3, 0.4) is 0 Å². The second kappa shape index (κ2) is 36.3. The molecule has 0 aliphatic rings. The molecule has 0 N–H and O–H groups in total. The summed E-state index contributed by atoms with van der Waals surface area (Å²) < 4.78 is 0. The zero-order valence-corrected chi connectivity index (χ0v) is 23.3. The maximum Gasteiger partial charge on any atom is 0.373 e. The van der Waals surface area contributed by atoms with Crippen molar-refractivity contribution >= 4 is 29.9 Å². The van der Waals surface area contributed by atoms with Crippen LogP contribution >= 0.6 is 23.8 Å². The third-order valence-electron chi connectivity index (χ3n) is 4.02. The molecule has 158 valence electrons. The minimum absolute atomic E-state index is 0. The van der Waals surface area contributed by atoms with E-state index in [1.165, 1.54) is 55.5 Å². The van der Waals surface area contributed by atoms with Crippen molar-refractivity contribution in [3.63, 3.8) is 0 Å². The van der Waals surface area contributed by atoms with Crippen LogP contribution in [0, 0.1) is 0 Å². The van der Waals surface area contributed by atoms with Crippen LogP contribution in [0.25, 0.3) is 0 Å². The van der Waals surface area contributed by atoms with Gasteiger partial charge in [-0.25, -0.2) is 0 Å². The van der Waals surface area contributed by atoms with Crippen molar-refractivity contribution in [1.29, 1.82) is 0 Å². The molecule has 2 nitrogen and oxygen atoms in total. The van der Waals surface area contributed by atoms with Gasteiger partial charge in [0.1, 0.15) is 0 Å². The smallest absolute Gasteiger partial charge is 0.186 e. The van der Waals surface area contributed by atoms with E-state index in [1.54, 1.807) is 0 Å². The number of carbonyl (C=O) groups excluding carboxylic acids is 2. The van der Waals surface area contributed by atoms with Gasteiger partial charge < -0.3 is 0 Å². The van der Waals surface area contributed by atoms with Crippen molar-refractivity contribution in [1.82, 2.24) is 0 Å². The molecule has 0 bridgehead atoms. The topological polar surface area (TPSA) is 34.1 Å². The predicted octanol–water partition coefficient (Wildman–Crippen LogP) is 7.00. The fraction of sp³-hybridized carbons (Fsp3) is 0.947. The Morgan fingerprint density at radius 2 is 0.520 bits per heavy atom. The Bertz CT molecular complexity index is 182. The van der Waals surface area contributed by atoms with E-state index in [2.05, 4.69) is 62.3 Å². The van der Waals surface area contributed by atoms with Crippen LogP contribution in [-0.2, 0) is 30.7 Å². The van der Waals surface area contributed by atoms with Crippen molar-refractivity contribution in [2.45, 2.75) is 62.3 Å². The van der Waals surface area contributed by atoms with Gasteiger partial charge in [0.25, 0.3) is 0 Å². The van der Waals surface area contributed by atoms with Crippen molar-refractivity contribution in [3.8, 4) is 0 Å². The first-order valence-corrected chi connectivity index (χ1v) is 15.3. The summed E-state index contributed by atoms with van der Waals surface area (Å²) in [6.07, 6.45) is 13.0. The molecule has 25 heavy (non-hydrogen) atoms. The van der Waals surface area contributed by atoms with Crippen LogP contribution in [0.4, 0.5) is 0 Å². The minimum atomic E-state index is 0. The van der Waals surface area contributed by atoms with Gasteiger partial charge in [0.2, 0.25) is 0 Å². The SMILES string of the molecule is CCP(CC)CC.CCP(CC)CC.CCP(CC)CC.O=C=O.[Pt]. The first-order valence-electron chi connectivity index (χ1n) is 9.62. The Morgan fingerprint density at radius 3 is 0.520 bits per heavy atom. The number of hydrogen-bond donors (Lipinski definition) is 0. The molecule has 0 rings (SSSR count). The molecule has 0 atom stereocenters. The van der Waals surface area contributed by atoms with E-state index in [0.29, 0.717) is 23.8 Å². The molecule has 0 unspecified atom stereocenters. The van der Waals surface area contributed by atoms with E-state index in [9.17, 15) is 0 Å². The van der Waals surface area contributed by atoms with E-state index >= 15 is 0 Å². The summed E-state index contributed by atoms with van der Waals surface area (Å²) in [5.74, 6) is 0. The van der Waals surface area contributed by atoms with Crippen LogP contribution in [0.15, 0.2) is 0 Å². The fourth-order valence-corrected chi connectivity index (χ4v) is 6.04. The first-order chi connectivity index (χ1) is 11.5. The molecular formula is C19H45O2P3Pt. The summed E-state index contributed by atoms with van der Waals surface area (Å²) in [5.41, 5.74) is 0. The summed E-state index contributed by atoms with van der Waals surface area (Å²) in [7, 11) is 1.34. The maximum absolute atomic E-state index is 8.12. The molecule has 0 aromatic rings. The molecule has 0 saturated carbocycles. The maximum atomic E-state index is 8.12. The Morgan fingerprint density at radius 1 is 0.440 bits per heavy atom. The molecular weight excluding hydrogens is 548 g/mol. The van der Waals surface area contributed by atoms with E-state index in [1.807, 2.05) is 0 Å². The van der Waals surface area contributed by atoms with Gasteiger partial charge in [-0.2, -0.15) is 9.59 Å². The van der Waals surface area contributed by atoms with Crippen LogP contribution in [0.5, 0.6) is 0 Å². The molecule has 0 aliphatic carbocycles. The van der Waals surface area contributed by atoms with E-state index < -0.39 is 0 Å². The average molecular weight is 594 g/mol. The fourth-order valence-electron chi connectivity index (χ4n) is 2.01. The van der Waals surface area contributed by atoms with Crippen molar-refractivity contribution in [2.75, 3.05) is 55.5 Å². The summed E-state index contributed by atoms with van der Waals surface area (Å²) in [4.78, 5) is 16.2. The molecule has 0 fully saturated rings. The number of rotatable bonds is 9. The van der Waals surface area contributed by atoms with Crippen molar-refractivity contribution in [2.24, 2.45) is 0 Å². The monoisotopic (exact) mass is 593 g/mol. The molecule has 0 aromatic heterocycles. The summed E-state index contributed by atoms with van der Waals surface area (Å²) in [5, 5.41) is 0. The van der Waals surface area contributed by atoms with Gasteiger partial charge in [0.05, 0.1) is 0 Å². The van der Waals surface area contributed by atoms with Crippen LogP contribution in [-0.4, -0.2) is 61.6 Å².